The Labute approximate surface area is 155 Å². The summed E-state index contributed by atoms with van der Waals surface area (Å²) in [6, 6.07) is 15.7. The van der Waals surface area contributed by atoms with Crippen LogP contribution in [0.4, 0.5) is 5.95 Å². The Morgan fingerprint density at radius 3 is 2.36 bits per heavy atom. The molecule has 2 heterocycles. The third-order valence-corrected chi connectivity index (χ3v) is 5.23. The minimum Gasteiger partial charge on any atom is -0.339 e. The number of benzene rings is 2. The van der Waals surface area contributed by atoms with Gasteiger partial charge in [-0.15, -0.1) is 0 Å². The number of amides is 1. The highest BCUT2D eigenvalue weighted by Gasteiger charge is 2.24. The first kappa shape index (κ1) is 16.1. The Hall–Kier alpha value is -2.34. The number of hydrogen-bond donors (Lipinski definition) is 0. The van der Waals surface area contributed by atoms with Crippen LogP contribution in [0.3, 0.4) is 0 Å². The van der Waals surface area contributed by atoms with Gasteiger partial charge in [-0.25, -0.2) is 4.98 Å². The van der Waals surface area contributed by atoms with Crippen molar-refractivity contribution in [2.24, 2.45) is 7.05 Å². The number of carbonyl (C=O) groups is 1. The van der Waals surface area contributed by atoms with E-state index in [4.69, 9.17) is 4.98 Å². The summed E-state index contributed by atoms with van der Waals surface area (Å²) in [5, 5.41) is 0. The molecule has 0 N–H and O–H groups in total. The molecule has 0 radical (unpaired) electrons. The number of nitrogens with zero attached hydrogens (tertiary/aromatic N) is 4. The number of aryl methyl sites for hydroxylation is 1. The van der Waals surface area contributed by atoms with Crippen molar-refractivity contribution >= 4 is 38.8 Å². The van der Waals surface area contributed by atoms with Gasteiger partial charge in [0.1, 0.15) is 0 Å². The summed E-state index contributed by atoms with van der Waals surface area (Å²) in [5.74, 6) is 1.06. The van der Waals surface area contributed by atoms with E-state index in [0.29, 0.717) is 13.1 Å². The summed E-state index contributed by atoms with van der Waals surface area (Å²) in [5.41, 5.74) is 2.87. The van der Waals surface area contributed by atoms with Crippen LogP contribution in [0.25, 0.3) is 11.0 Å². The number of carbonyl (C=O) groups excluding carboxylic acids is 1. The highest BCUT2D eigenvalue weighted by molar-refractivity contribution is 9.10. The molecule has 2 aromatic carbocycles. The van der Waals surface area contributed by atoms with E-state index in [1.54, 1.807) is 0 Å². The maximum atomic E-state index is 12.6. The standard InChI is InChI=1S/C19H19BrN4O/c1-22-17-5-3-2-4-16(17)21-19(22)24-12-10-23(11-13-24)18(25)14-6-8-15(20)9-7-14/h2-9H,10-13H2,1H3. The molecule has 0 bridgehead atoms. The second-order valence-corrected chi connectivity index (χ2v) is 7.16. The maximum absolute atomic E-state index is 12.6. The van der Waals surface area contributed by atoms with E-state index in [1.807, 2.05) is 54.4 Å². The molecule has 1 fully saturated rings. The third kappa shape index (κ3) is 3.02. The molecule has 1 amide bonds. The number of hydrogen-bond acceptors (Lipinski definition) is 3. The second kappa shape index (κ2) is 6.52. The molecule has 1 aliphatic heterocycles. The highest BCUT2D eigenvalue weighted by Crippen LogP contribution is 2.22. The normalized spacial score (nSPS) is 15.0. The molecule has 0 spiro atoms. The van der Waals surface area contributed by atoms with Gasteiger partial charge in [-0.3, -0.25) is 4.79 Å². The van der Waals surface area contributed by atoms with Crippen molar-refractivity contribution in [3.8, 4) is 0 Å². The fourth-order valence-corrected chi connectivity index (χ4v) is 3.56. The van der Waals surface area contributed by atoms with E-state index in [1.165, 1.54) is 0 Å². The summed E-state index contributed by atoms with van der Waals surface area (Å²) in [6.07, 6.45) is 0. The molecule has 1 aromatic heterocycles. The summed E-state index contributed by atoms with van der Waals surface area (Å²) in [6.45, 7) is 3.00. The molecule has 1 aliphatic rings. The van der Waals surface area contributed by atoms with Crippen LogP contribution in [0.5, 0.6) is 0 Å². The fourth-order valence-electron chi connectivity index (χ4n) is 3.30. The first-order valence-electron chi connectivity index (χ1n) is 8.35. The third-order valence-electron chi connectivity index (χ3n) is 4.70. The Morgan fingerprint density at radius 1 is 1.00 bits per heavy atom. The predicted octanol–water partition coefficient (Wildman–Crippen LogP) is 3.30. The van der Waals surface area contributed by atoms with Crippen LogP contribution in [-0.2, 0) is 7.05 Å². The van der Waals surface area contributed by atoms with Gasteiger partial charge in [0.05, 0.1) is 11.0 Å². The fraction of sp³-hybridized carbons (Fsp3) is 0.263. The summed E-state index contributed by atoms with van der Waals surface area (Å²) in [7, 11) is 2.05. The number of imidazole rings is 1. The lowest BCUT2D eigenvalue weighted by Crippen LogP contribution is -2.49. The molecule has 3 aromatic rings. The average molecular weight is 399 g/mol. The molecule has 0 aliphatic carbocycles. The van der Waals surface area contributed by atoms with Crippen LogP contribution in [0.15, 0.2) is 53.0 Å². The number of fused-ring (bicyclic) bond motifs is 1. The van der Waals surface area contributed by atoms with Crippen molar-refractivity contribution in [2.45, 2.75) is 0 Å². The number of rotatable bonds is 2. The van der Waals surface area contributed by atoms with Gasteiger partial charge in [0.2, 0.25) is 5.95 Å². The minimum absolute atomic E-state index is 0.0946. The van der Waals surface area contributed by atoms with E-state index in [9.17, 15) is 4.79 Å². The predicted molar refractivity (Wildman–Crippen MR) is 103 cm³/mol. The molecule has 6 heteroatoms. The van der Waals surface area contributed by atoms with Crippen molar-refractivity contribution in [3.63, 3.8) is 0 Å². The van der Waals surface area contributed by atoms with Gasteiger partial charge in [0.15, 0.2) is 0 Å². The SMILES string of the molecule is Cn1c(N2CCN(C(=O)c3ccc(Br)cc3)CC2)nc2ccccc21. The Balaban J connectivity index is 1.48. The Kier molecular flexibility index (Phi) is 4.21. The van der Waals surface area contributed by atoms with Crippen LogP contribution >= 0.6 is 15.9 Å². The van der Waals surface area contributed by atoms with Gasteiger partial charge in [0.25, 0.3) is 5.91 Å². The zero-order valence-corrected chi connectivity index (χ0v) is 15.6. The molecule has 0 atom stereocenters. The maximum Gasteiger partial charge on any atom is 0.253 e. The van der Waals surface area contributed by atoms with Crippen LogP contribution in [-0.4, -0.2) is 46.5 Å². The molecule has 0 saturated carbocycles. The summed E-state index contributed by atoms with van der Waals surface area (Å²) in [4.78, 5) is 21.6. The summed E-state index contributed by atoms with van der Waals surface area (Å²) >= 11 is 3.40. The number of anilines is 1. The van der Waals surface area contributed by atoms with Gasteiger partial charge in [-0.1, -0.05) is 28.1 Å². The van der Waals surface area contributed by atoms with Crippen LogP contribution in [0.2, 0.25) is 0 Å². The molecule has 25 heavy (non-hydrogen) atoms. The lowest BCUT2D eigenvalue weighted by molar-refractivity contribution is 0.0746. The molecular weight excluding hydrogens is 380 g/mol. The molecule has 1 saturated heterocycles. The van der Waals surface area contributed by atoms with E-state index in [0.717, 1.165) is 40.1 Å². The smallest absolute Gasteiger partial charge is 0.253 e. The Morgan fingerprint density at radius 2 is 1.68 bits per heavy atom. The van der Waals surface area contributed by atoms with Crippen molar-refractivity contribution in [1.29, 1.82) is 0 Å². The number of para-hydroxylation sites is 2. The first-order chi connectivity index (χ1) is 12.1. The monoisotopic (exact) mass is 398 g/mol. The number of halogens is 1. The average Bonchev–Trinajstić information content (AvgIpc) is 2.99. The molecule has 0 unspecified atom stereocenters. The van der Waals surface area contributed by atoms with Gasteiger partial charge < -0.3 is 14.4 Å². The van der Waals surface area contributed by atoms with E-state index >= 15 is 0 Å². The quantitative estimate of drug-likeness (QED) is 0.664. The van der Waals surface area contributed by atoms with Crippen molar-refractivity contribution in [2.75, 3.05) is 31.1 Å². The zero-order valence-electron chi connectivity index (χ0n) is 14.0. The Bertz CT molecular complexity index is 911. The molecular formula is C19H19BrN4O. The van der Waals surface area contributed by atoms with Gasteiger partial charge in [-0.2, -0.15) is 0 Å². The number of aromatic nitrogens is 2. The van der Waals surface area contributed by atoms with Crippen LogP contribution in [0.1, 0.15) is 10.4 Å². The number of piperazine rings is 1. The molecule has 128 valence electrons. The van der Waals surface area contributed by atoms with Crippen LogP contribution < -0.4 is 4.90 Å². The van der Waals surface area contributed by atoms with E-state index in [2.05, 4.69) is 31.5 Å². The van der Waals surface area contributed by atoms with Gasteiger partial charge in [-0.05, 0) is 36.4 Å². The van der Waals surface area contributed by atoms with Crippen molar-refractivity contribution < 1.29 is 4.79 Å². The van der Waals surface area contributed by atoms with Crippen LogP contribution in [0, 0.1) is 0 Å². The second-order valence-electron chi connectivity index (χ2n) is 6.25. The molecule has 4 rings (SSSR count). The highest BCUT2D eigenvalue weighted by atomic mass is 79.9. The van der Waals surface area contributed by atoms with Crippen molar-refractivity contribution in [1.82, 2.24) is 14.5 Å². The van der Waals surface area contributed by atoms with Crippen molar-refractivity contribution in [3.05, 3.63) is 58.6 Å². The first-order valence-corrected chi connectivity index (χ1v) is 9.14. The largest absolute Gasteiger partial charge is 0.339 e. The van der Waals surface area contributed by atoms with Gasteiger partial charge in [0, 0.05) is 43.3 Å². The summed E-state index contributed by atoms with van der Waals surface area (Å²) < 4.78 is 3.11. The topological polar surface area (TPSA) is 41.4 Å². The minimum atomic E-state index is 0.0946. The molecule has 5 nitrogen and oxygen atoms in total. The van der Waals surface area contributed by atoms with Gasteiger partial charge >= 0.3 is 0 Å². The zero-order chi connectivity index (χ0) is 17.4. The lowest BCUT2D eigenvalue weighted by atomic mass is 10.2. The lowest BCUT2D eigenvalue weighted by Gasteiger charge is -2.35. The van der Waals surface area contributed by atoms with E-state index < -0.39 is 0 Å². The van der Waals surface area contributed by atoms with E-state index in [-0.39, 0.29) is 5.91 Å².